The van der Waals surface area contributed by atoms with Crippen LogP contribution in [0.25, 0.3) is 11.5 Å². The average Bonchev–Trinajstić information content (AvgIpc) is 3.20. The van der Waals surface area contributed by atoms with Gasteiger partial charge in [0.1, 0.15) is 0 Å². The van der Waals surface area contributed by atoms with E-state index >= 15 is 0 Å². The highest BCUT2D eigenvalue weighted by molar-refractivity contribution is 6.37. The van der Waals surface area contributed by atoms with E-state index in [1.165, 1.54) is 0 Å². The fourth-order valence-corrected chi connectivity index (χ4v) is 3.60. The van der Waals surface area contributed by atoms with Crippen molar-refractivity contribution in [1.82, 2.24) is 10.1 Å². The molecule has 1 aromatic carbocycles. The Hall–Kier alpha value is -1.34. The number of anilines is 1. The van der Waals surface area contributed by atoms with Gasteiger partial charge in [0.2, 0.25) is 5.91 Å². The number of carbonyl (C=O) groups excluding carboxylic acids is 1. The van der Waals surface area contributed by atoms with Crippen molar-refractivity contribution in [3.05, 3.63) is 28.0 Å². The molecule has 2 aromatic rings. The third kappa shape index (κ3) is 4.31. The molecular formula is C17H21Cl3N4O2. The van der Waals surface area contributed by atoms with Gasteiger partial charge in [-0.2, -0.15) is 4.98 Å². The van der Waals surface area contributed by atoms with Gasteiger partial charge in [-0.05, 0) is 31.4 Å². The average molecular weight is 420 g/mol. The molecule has 1 fully saturated rings. The smallest absolute Gasteiger partial charge is 0.260 e. The molecule has 26 heavy (non-hydrogen) atoms. The third-order valence-corrected chi connectivity index (χ3v) is 4.91. The predicted molar refractivity (Wildman–Crippen MR) is 105 cm³/mol. The molecule has 1 aliphatic rings. The molecule has 1 saturated carbocycles. The first-order chi connectivity index (χ1) is 11.9. The summed E-state index contributed by atoms with van der Waals surface area (Å²) < 4.78 is 5.41. The van der Waals surface area contributed by atoms with Crippen molar-refractivity contribution in [2.75, 3.05) is 5.32 Å². The SMILES string of the molecule is CCCC(=O)Nc1c(Cl)cc(Cl)cc1-c1nc(C2(N)CCCC2)no1.Cl. The summed E-state index contributed by atoms with van der Waals surface area (Å²) in [6, 6.07) is 3.21. The Morgan fingerprint density at radius 2 is 2.04 bits per heavy atom. The highest BCUT2D eigenvalue weighted by atomic mass is 35.5. The van der Waals surface area contributed by atoms with E-state index in [0.717, 1.165) is 32.1 Å². The first-order valence-corrected chi connectivity index (χ1v) is 9.11. The summed E-state index contributed by atoms with van der Waals surface area (Å²) in [6.45, 7) is 1.93. The van der Waals surface area contributed by atoms with E-state index in [-0.39, 0.29) is 24.2 Å². The quantitative estimate of drug-likeness (QED) is 0.716. The van der Waals surface area contributed by atoms with Crippen LogP contribution in [0.2, 0.25) is 10.0 Å². The molecule has 1 aliphatic carbocycles. The van der Waals surface area contributed by atoms with Crippen molar-refractivity contribution in [3.63, 3.8) is 0 Å². The molecule has 142 valence electrons. The van der Waals surface area contributed by atoms with Crippen LogP contribution in [0.3, 0.4) is 0 Å². The van der Waals surface area contributed by atoms with Crippen molar-refractivity contribution < 1.29 is 9.32 Å². The molecule has 0 aliphatic heterocycles. The topological polar surface area (TPSA) is 94.0 Å². The van der Waals surface area contributed by atoms with E-state index in [1.807, 2.05) is 6.92 Å². The summed E-state index contributed by atoms with van der Waals surface area (Å²) >= 11 is 12.4. The first-order valence-electron chi connectivity index (χ1n) is 8.35. The van der Waals surface area contributed by atoms with Gasteiger partial charge >= 0.3 is 0 Å². The van der Waals surface area contributed by atoms with E-state index < -0.39 is 5.54 Å². The summed E-state index contributed by atoms with van der Waals surface area (Å²) in [5, 5.41) is 7.59. The van der Waals surface area contributed by atoms with Crippen LogP contribution in [-0.2, 0) is 10.3 Å². The van der Waals surface area contributed by atoms with Crippen molar-refractivity contribution in [2.45, 2.75) is 51.0 Å². The van der Waals surface area contributed by atoms with Crippen LogP contribution in [0, 0.1) is 0 Å². The van der Waals surface area contributed by atoms with Gasteiger partial charge in [0, 0.05) is 11.4 Å². The molecule has 0 unspecified atom stereocenters. The van der Waals surface area contributed by atoms with Crippen LogP contribution in [-0.4, -0.2) is 16.0 Å². The Morgan fingerprint density at radius 1 is 1.35 bits per heavy atom. The maximum atomic E-state index is 12.0. The summed E-state index contributed by atoms with van der Waals surface area (Å²) in [6.07, 6.45) is 4.85. The van der Waals surface area contributed by atoms with Gasteiger partial charge in [-0.3, -0.25) is 4.79 Å². The number of aromatic nitrogens is 2. The zero-order valence-electron chi connectivity index (χ0n) is 14.3. The lowest BCUT2D eigenvalue weighted by Gasteiger charge is -2.17. The maximum Gasteiger partial charge on any atom is 0.260 e. The molecule has 0 radical (unpaired) electrons. The fourth-order valence-electron chi connectivity index (χ4n) is 3.06. The third-order valence-electron chi connectivity index (χ3n) is 4.39. The molecule has 0 bridgehead atoms. The largest absolute Gasteiger partial charge is 0.334 e. The number of amides is 1. The number of benzene rings is 1. The van der Waals surface area contributed by atoms with Gasteiger partial charge in [0.05, 0.1) is 21.8 Å². The molecule has 1 amide bonds. The van der Waals surface area contributed by atoms with Gasteiger partial charge in [0.25, 0.3) is 5.89 Å². The van der Waals surface area contributed by atoms with Gasteiger partial charge < -0.3 is 15.6 Å². The Balaban J connectivity index is 0.00000243. The molecule has 6 nitrogen and oxygen atoms in total. The van der Waals surface area contributed by atoms with Gasteiger partial charge in [-0.25, -0.2) is 0 Å². The maximum absolute atomic E-state index is 12.0. The highest BCUT2D eigenvalue weighted by Gasteiger charge is 2.36. The number of hydrogen-bond acceptors (Lipinski definition) is 5. The van der Waals surface area contributed by atoms with Crippen LogP contribution < -0.4 is 11.1 Å². The van der Waals surface area contributed by atoms with Gasteiger partial charge in [-0.15, -0.1) is 12.4 Å². The van der Waals surface area contributed by atoms with Crippen LogP contribution in [0.1, 0.15) is 51.3 Å². The lowest BCUT2D eigenvalue weighted by Crippen LogP contribution is -2.34. The number of hydrogen-bond donors (Lipinski definition) is 2. The summed E-state index contributed by atoms with van der Waals surface area (Å²) in [5.74, 6) is 0.573. The molecule has 1 heterocycles. The lowest BCUT2D eigenvalue weighted by atomic mass is 9.98. The molecule has 1 aromatic heterocycles. The number of nitrogens with one attached hydrogen (secondary N) is 1. The number of halogens is 3. The second-order valence-corrected chi connectivity index (χ2v) is 7.24. The van der Waals surface area contributed by atoms with Crippen molar-refractivity contribution >= 4 is 47.2 Å². The van der Waals surface area contributed by atoms with Gasteiger partial charge in [0.15, 0.2) is 5.82 Å². The van der Waals surface area contributed by atoms with E-state index in [2.05, 4.69) is 15.5 Å². The van der Waals surface area contributed by atoms with Crippen LogP contribution in [0.4, 0.5) is 5.69 Å². The first kappa shape index (κ1) is 21.0. The van der Waals surface area contributed by atoms with E-state index in [0.29, 0.717) is 33.5 Å². The minimum Gasteiger partial charge on any atom is -0.334 e. The van der Waals surface area contributed by atoms with Crippen LogP contribution in [0.15, 0.2) is 16.7 Å². The summed E-state index contributed by atoms with van der Waals surface area (Å²) in [5.41, 5.74) is 6.73. The van der Waals surface area contributed by atoms with Crippen LogP contribution >= 0.6 is 35.6 Å². The number of nitrogens with two attached hydrogens (primary N) is 1. The zero-order valence-corrected chi connectivity index (χ0v) is 16.7. The predicted octanol–water partition coefficient (Wildman–Crippen LogP) is 4.93. The molecule has 0 spiro atoms. The monoisotopic (exact) mass is 418 g/mol. The number of nitrogens with zero attached hydrogens (tertiary/aromatic N) is 2. The molecule has 0 saturated heterocycles. The van der Waals surface area contributed by atoms with Crippen molar-refractivity contribution in [1.29, 1.82) is 0 Å². The summed E-state index contributed by atoms with van der Waals surface area (Å²) in [4.78, 5) is 16.5. The minimum absolute atomic E-state index is 0. The Labute approximate surface area is 168 Å². The standard InChI is InChI=1S/C17H20Cl2N4O2.ClH/c1-2-5-13(24)21-14-11(8-10(18)9-12(14)19)15-22-16(23-25-15)17(20)6-3-4-7-17;/h8-9H,2-7,20H2,1H3,(H,21,24);1H. The fraction of sp³-hybridized carbons (Fsp3) is 0.471. The van der Waals surface area contributed by atoms with Gasteiger partial charge in [-0.1, -0.05) is 48.1 Å². The Bertz CT molecular complexity index is 788. The number of carbonyl (C=O) groups is 1. The van der Waals surface area contributed by atoms with E-state index in [9.17, 15) is 4.79 Å². The summed E-state index contributed by atoms with van der Waals surface area (Å²) in [7, 11) is 0. The highest BCUT2D eigenvalue weighted by Crippen LogP contribution is 2.39. The molecular weight excluding hydrogens is 399 g/mol. The Morgan fingerprint density at radius 3 is 2.69 bits per heavy atom. The van der Waals surface area contributed by atoms with E-state index in [4.69, 9.17) is 33.5 Å². The molecule has 3 N–H and O–H groups in total. The molecule has 0 atom stereocenters. The van der Waals surface area contributed by atoms with Crippen molar-refractivity contribution in [2.24, 2.45) is 5.73 Å². The van der Waals surface area contributed by atoms with Crippen molar-refractivity contribution in [3.8, 4) is 11.5 Å². The zero-order chi connectivity index (χ0) is 18.0. The lowest BCUT2D eigenvalue weighted by molar-refractivity contribution is -0.116. The van der Waals surface area contributed by atoms with Crippen LogP contribution in [0.5, 0.6) is 0 Å². The molecule has 3 rings (SSSR count). The second kappa shape index (κ2) is 8.57. The normalized spacial score (nSPS) is 15.5. The minimum atomic E-state index is -0.560. The Kier molecular flexibility index (Phi) is 6.91. The second-order valence-electron chi connectivity index (χ2n) is 6.39. The number of rotatable bonds is 5. The van der Waals surface area contributed by atoms with E-state index in [1.54, 1.807) is 12.1 Å². The molecule has 9 heteroatoms.